The Morgan fingerprint density at radius 2 is 2.11 bits per heavy atom. The number of nitro groups is 1. The summed E-state index contributed by atoms with van der Waals surface area (Å²) < 4.78 is 4.48. The highest BCUT2D eigenvalue weighted by molar-refractivity contribution is 5.90. The summed E-state index contributed by atoms with van der Waals surface area (Å²) in [6.45, 7) is 0. The van der Waals surface area contributed by atoms with E-state index in [1.165, 1.54) is 19.2 Å². The van der Waals surface area contributed by atoms with E-state index in [1.54, 1.807) is 0 Å². The minimum atomic E-state index is -0.707. The summed E-state index contributed by atoms with van der Waals surface area (Å²) in [5, 5.41) is 10.7. The van der Waals surface area contributed by atoms with Gasteiger partial charge in [-0.2, -0.15) is 0 Å². The molecule has 0 aliphatic heterocycles. The molecular formula is C12H10N2O5. The fourth-order valence-corrected chi connectivity index (χ4v) is 1.26. The summed E-state index contributed by atoms with van der Waals surface area (Å²) >= 11 is 0. The van der Waals surface area contributed by atoms with E-state index in [1.807, 2.05) is 0 Å². The van der Waals surface area contributed by atoms with Gasteiger partial charge in [0.1, 0.15) is 0 Å². The monoisotopic (exact) mass is 262 g/mol. The smallest absolute Gasteiger partial charge is 0.338 e. The Morgan fingerprint density at radius 1 is 1.42 bits per heavy atom. The molecule has 0 bridgehead atoms. The average molecular weight is 262 g/mol. The van der Waals surface area contributed by atoms with Crippen LogP contribution in [0.2, 0.25) is 0 Å². The lowest BCUT2D eigenvalue weighted by atomic mass is 10.1. The summed E-state index contributed by atoms with van der Waals surface area (Å²) in [4.78, 5) is 32.0. The normalized spacial score (nSPS) is 9.11. The quantitative estimate of drug-likeness (QED) is 0.371. The second-order valence-corrected chi connectivity index (χ2v) is 3.46. The van der Waals surface area contributed by atoms with Crippen LogP contribution in [-0.4, -0.2) is 23.9 Å². The van der Waals surface area contributed by atoms with Gasteiger partial charge in [0.15, 0.2) is 0 Å². The third kappa shape index (κ3) is 4.12. The zero-order valence-corrected chi connectivity index (χ0v) is 10.0. The lowest BCUT2D eigenvalue weighted by Gasteiger charge is -2.00. The van der Waals surface area contributed by atoms with E-state index in [0.717, 1.165) is 6.07 Å². The van der Waals surface area contributed by atoms with Crippen molar-refractivity contribution in [3.8, 4) is 11.8 Å². The molecule has 0 atom stereocenters. The van der Waals surface area contributed by atoms with Gasteiger partial charge >= 0.3 is 5.97 Å². The zero-order valence-electron chi connectivity index (χ0n) is 10.0. The number of benzene rings is 1. The van der Waals surface area contributed by atoms with Crippen molar-refractivity contribution in [3.05, 3.63) is 39.4 Å². The molecule has 7 nitrogen and oxygen atoms in total. The number of methoxy groups -OCH3 is 1. The molecular weight excluding hydrogens is 252 g/mol. The number of nitro benzene ring substituents is 1. The van der Waals surface area contributed by atoms with E-state index in [9.17, 15) is 19.7 Å². The average Bonchev–Trinajstić information content (AvgIpc) is 2.37. The van der Waals surface area contributed by atoms with Gasteiger partial charge in [-0.15, -0.1) is 0 Å². The number of primary amides is 1. The SMILES string of the molecule is COC(=O)c1cc(C#CCC(N)=O)cc([N+](=O)[O-])c1. The van der Waals surface area contributed by atoms with Gasteiger partial charge in [-0.25, -0.2) is 4.79 Å². The Morgan fingerprint density at radius 3 is 2.63 bits per heavy atom. The van der Waals surface area contributed by atoms with Crippen LogP contribution < -0.4 is 5.73 Å². The Hall–Kier alpha value is -2.88. The molecule has 1 rings (SSSR count). The molecule has 0 aliphatic rings. The first kappa shape index (κ1) is 14.2. The van der Waals surface area contributed by atoms with Crippen molar-refractivity contribution in [2.24, 2.45) is 5.73 Å². The maximum absolute atomic E-state index is 11.4. The van der Waals surface area contributed by atoms with Gasteiger partial charge in [0, 0.05) is 17.7 Å². The fraction of sp³-hybridized carbons (Fsp3) is 0.167. The molecule has 2 N–H and O–H groups in total. The maximum atomic E-state index is 11.4. The van der Waals surface area contributed by atoms with Gasteiger partial charge in [0.2, 0.25) is 5.91 Å². The van der Waals surface area contributed by atoms with Crippen LogP contribution in [0.25, 0.3) is 0 Å². The van der Waals surface area contributed by atoms with Crippen molar-refractivity contribution in [3.63, 3.8) is 0 Å². The zero-order chi connectivity index (χ0) is 14.4. The van der Waals surface area contributed by atoms with Gasteiger partial charge in [0.25, 0.3) is 5.69 Å². The summed E-state index contributed by atoms with van der Waals surface area (Å²) in [5.74, 6) is 3.67. The van der Waals surface area contributed by atoms with Crippen molar-refractivity contribution in [1.82, 2.24) is 0 Å². The maximum Gasteiger partial charge on any atom is 0.338 e. The standard InChI is InChI=1S/C12H10N2O5/c1-19-12(16)9-5-8(3-2-4-11(13)15)6-10(7-9)14(17)18/h5-7H,4H2,1H3,(H2,13,15). The van der Waals surface area contributed by atoms with Crippen LogP contribution in [-0.2, 0) is 9.53 Å². The number of rotatable bonds is 3. The number of carbonyl (C=O) groups is 2. The number of nitrogens with two attached hydrogens (primary N) is 1. The number of amides is 1. The first-order valence-corrected chi connectivity index (χ1v) is 5.09. The summed E-state index contributed by atoms with van der Waals surface area (Å²) in [6, 6.07) is 3.62. The Kier molecular flexibility index (Phi) is 4.60. The highest BCUT2D eigenvalue weighted by atomic mass is 16.6. The molecule has 0 aliphatic carbocycles. The predicted octanol–water partition coefficient (Wildman–Crippen LogP) is 0.608. The van der Waals surface area contributed by atoms with Crippen LogP contribution in [0.4, 0.5) is 5.69 Å². The predicted molar refractivity (Wildman–Crippen MR) is 65.1 cm³/mol. The molecule has 0 saturated heterocycles. The molecule has 0 fully saturated rings. The molecule has 0 saturated carbocycles. The van der Waals surface area contributed by atoms with Crippen LogP contribution in [0.3, 0.4) is 0 Å². The molecule has 19 heavy (non-hydrogen) atoms. The number of esters is 1. The van der Waals surface area contributed by atoms with Crippen molar-refractivity contribution in [1.29, 1.82) is 0 Å². The highest BCUT2D eigenvalue weighted by Crippen LogP contribution is 2.17. The molecule has 1 aromatic carbocycles. The van der Waals surface area contributed by atoms with E-state index in [-0.39, 0.29) is 23.2 Å². The first-order valence-electron chi connectivity index (χ1n) is 5.09. The number of nitrogens with zero attached hydrogens (tertiary/aromatic N) is 1. The minimum Gasteiger partial charge on any atom is -0.465 e. The number of ether oxygens (including phenoxy) is 1. The Balaban J connectivity index is 3.19. The van der Waals surface area contributed by atoms with Crippen LogP contribution in [0.1, 0.15) is 22.3 Å². The summed E-state index contributed by atoms with van der Waals surface area (Å²) in [6.07, 6.45) is -0.170. The van der Waals surface area contributed by atoms with Gasteiger partial charge in [0.05, 0.1) is 24.0 Å². The van der Waals surface area contributed by atoms with E-state index in [2.05, 4.69) is 16.6 Å². The Labute approximate surface area is 108 Å². The lowest BCUT2D eigenvalue weighted by Crippen LogP contribution is -2.08. The van der Waals surface area contributed by atoms with Crippen LogP contribution in [0.15, 0.2) is 18.2 Å². The van der Waals surface area contributed by atoms with E-state index in [0.29, 0.717) is 0 Å². The van der Waals surface area contributed by atoms with Crippen molar-refractivity contribution >= 4 is 17.6 Å². The Bertz CT molecular complexity index is 598. The van der Waals surface area contributed by atoms with Crippen molar-refractivity contribution in [2.75, 3.05) is 7.11 Å². The van der Waals surface area contributed by atoms with E-state index in [4.69, 9.17) is 5.73 Å². The highest BCUT2D eigenvalue weighted by Gasteiger charge is 2.14. The fourth-order valence-electron chi connectivity index (χ4n) is 1.26. The summed E-state index contributed by atoms with van der Waals surface area (Å²) in [5.41, 5.74) is 4.87. The van der Waals surface area contributed by atoms with Crippen LogP contribution in [0.5, 0.6) is 0 Å². The van der Waals surface area contributed by atoms with E-state index >= 15 is 0 Å². The number of hydrogen-bond acceptors (Lipinski definition) is 5. The van der Waals surface area contributed by atoms with Gasteiger partial charge in [-0.3, -0.25) is 14.9 Å². The number of non-ortho nitro benzene ring substituents is 1. The molecule has 0 radical (unpaired) electrons. The molecule has 1 amide bonds. The lowest BCUT2D eigenvalue weighted by molar-refractivity contribution is -0.384. The molecule has 0 unspecified atom stereocenters. The number of carbonyl (C=O) groups excluding carboxylic acids is 2. The van der Waals surface area contributed by atoms with E-state index < -0.39 is 16.8 Å². The molecule has 0 spiro atoms. The van der Waals surface area contributed by atoms with Crippen LogP contribution >= 0.6 is 0 Å². The number of hydrogen-bond donors (Lipinski definition) is 1. The van der Waals surface area contributed by atoms with Crippen molar-refractivity contribution in [2.45, 2.75) is 6.42 Å². The van der Waals surface area contributed by atoms with Gasteiger partial charge in [-0.1, -0.05) is 11.8 Å². The molecule has 1 aromatic rings. The molecule has 0 heterocycles. The topological polar surface area (TPSA) is 113 Å². The van der Waals surface area contributed by atoms with Crippen LogP contribution in [0, 0.1) is 22.0 Å². The summed E-state index contributed by atoms with van der Waals surface area (Å²) in [7, 11) is 1.17. The van der Waals surface area contributed by atoms with Crippen molar-refractivity contribution < 1.29 is 19.2 Å². The van der Waals surface area contributed by atoms with Gasteiger partial charge in [-0.05, 0) is 6.07 Å². The minimum absolute atomic E-state index is 0.0140. The second kappa shape index (κ2) is 6.16. The third-order valence-electron chi connectivity index (χ3n) is 2.05. The second-order valence-electron chi connectivity index (χ2n) is 3.46. The molecule has 7 heteroatoms. The largest absolute Gasteiger partial charge is 0.465 e. The molecule has 0 aromatic heterocycles. The third-order valence-corrected chi connectivity index (χ3v) is 2.05. The first-order chi connectivity index (χ1) is 8.93. The molecule has 98 valence electrons. The van der Waals surface area contributed by atoms with Gasteiger partial charge < -0.3 is 10.5 Å².